The molecule has 3 aromatic carbocycles. The number of benzene rings is 3. The zero-order valence-electron chi connectivity index (χ0n) is 21.4. The van der Waals surface area contributed by atoms with Gasteiger partial charge in [0.15, 0.2) is 6.10 Å². The highest BCUT2D eigenvalue weighted by Crippen LogP contribution is 2.35. The van der Waals surface area contributed by atoms with Crippen LogP contribution in [-0.2, 0) is 16.0 Å². The fraction of sp³-hybridized carbons (Fsp3) is 0.355. The molecule has 3 aliphatic rings. The number of fused-ring (bicyclic) bond motifs is 3. The summed E-state index contributed by atoms with van der Waals surface area (Å²) >= 11 is 0. The first-order valence-corrected chi connectivity index (χ1v) is 13.0. The summed E-state index contributed by atoms with van der Waals surface area (Å²) in [7, 11) is 0. The van der Waals surface area contributed by atoms with Crippen molar-refractivity contribution in [3.8, 4) is 0 Å². The number of esters is 1. The maximum atomic E-state index is 12.5. The van der Waals surface area contributed by atoms with Gasteiger partial charge in [0.25, 0.3) is 0 Å². The lowest BCUT2D eigenvalue weighted by atomic mass is 9.83. The Kier molecular flexibility index (Phi) is 8.55. The Labute approximate surface area is 214 Å². The van der Waals surface area contributed by atoms with Gasteiger partial charge in [0, 0.05) is 42.6 Å². The van der Waals surface area contributed by atoms with E-state index in [1.807, 2.05) is 48.5 Å². The average molecular weight is 486 g/mol. The van der Waals surface area contributed by atoms with Gasteiger partial charge in [-0.25, -0.2) is 0 Å². The fourth-order valence-electron chi connectivity index (χ4n) is 5.44. The molecule has 1 N–H and O–H groups in total. The van der Waals surface area contributed by atoms with E-state index >= 15 is 0 Å². The van der Waals surface area contributed by atoms with Gasteiger partial charge >= 0.3 is 5.97 Å². The Bertz CT molecular complexity index is 1140. The Morgan fingerprint density at radius 1 is 0.889 bits per heavy atom. The first-order chi connectivity index (χ1) is 17.5. The van der Waals surface area contributed by atoms with Gasteiger partial charge in [0.1, 0.15) is 13.1 Å². The number of hydrogen-bond acceptors (Lipinski definition) is 4. The maximum absolute atomic E-state index is 12.5. The summed E-state index contributed by atoms with van der Waals surface area (Å²) < 4.78 is 6.25. The first-order valence-electron chi connectivity index (χ1n) is 13.0. The van der Waals surface area contributed by atoms with E-state index in [0.717, 1.165) is 54.6 Å². The number of ether oxygens (including phenoxy) is 1. The molecule has 0 spiro atoms. The minimum absolute atomic E-state index is 0.00595. The van der Waals surface area contributed by atoms with Gasteiger partial charge in [-0.2, -0.15) is 0 Å². The first kappa shape index (κ1) is 25.6. The third-order valence-electron chi connectivity index (χ3n) is 7.38. The molecule has 5 nitrogen and oxygen atoms in total. The second-order valence-corrected chi connectivity index (χ2v) is 9.91. The third kappa shape index (κ3) is 6.61. The topological polar surface area (TPSA) is 55.4 Å². The molecule has 6 rings (SSSR count). The summed E-state index contributed by atoms with van der Waals surface area (Å²) in [5.41, 5.74) is 4.47. The number of carbonyl (C=O) groups excluding carboxylic acids is 2. The van der Waals surface area contributed by atoms with Crippen molar-refractivity contribution in [1.82, 2.24) is 0 Å². The molecular weight excluding hydrogens is 448 g/mol. The van der Waals surface area contributed by atoms with Crippen LogP contribution < -0.4 is 5.32 Å². The summed E-state index contributed by atoms with van der Waals surface area (Å²) in [6.45, 7) is 7.02. The molecular formula is C31H37N2O3+. The van der Waals surface area contributed by atoms with Crippen LogP contribution in [0.4, 0.5) is 11.4 Å². The summed E-state index contributed by atoms with van der Waals surface area (Å²) in [4.78, 5) is 23.7. The Morgan fingerprint density at radius 2 is 1.50 bits per heavy atom. The molecule has 1 atom stereocenters. The van der Waals surface area contributed by atoms with Crippen molar-refractivity contribution < 1.29 is 18.8 Å². The van der Waals surface area contributed by atoms with Gasteiger partial charge in [0.2, 0.25) is 5.78 Å². The van der Waals surface area contributed by atoms with Crippen LogP contribution in [0.2, 0.25) is 0 Å². The highest BCUT2D eigenvalue weighted by molar-refractivity contribution is 5.96. The average Bonchev–Trinajstić information content (AvgIpc) is 2.90. The predicted octanol–water partition coefficient (Wildman–Crippen LogP) is 6.03. The van der Waals surface area contributed by atoms with Gasteiger partial charge in [-0.3, -0.25) is 9.59 Å². The number of carbonyl (C=O) groups is 2. The number of ketones is 1. The van der Waals surface area contributed by atoms with Gasteiger partial charge in [-0.15, -0.1) is 0 Å². The highest BCUT2D eigenvalue weighted by Gasteiger charge is 2.48. The van der Waals surface area contributed by atoms with Crippen molar-refractivity contribution in [3.05, 3.63) is 96.1 Å². The number of piperidine rings is 3. The molecule has 3 saturated heterocycles. The quantitative estimate of drug-likeness (QED) is 0.252. The zero-order valence-corrected chi connectivity index (χ0v) is 21.4. The SMILES string of the molecule is CC(=O)OC1C[N+]2(CC(=O)c3ccccc3)CCC1CC2.CCc1ccccc1Nc1ccccc1. The summed E-state index contributed by atoms with van der Waals surface area (Å²) in [6, 6.07) is 28.1. The van der Waals surface area contributed by atoms with Gasteiger partial charge in [-0.05, 0) is 30.2 Å². The summed E-state index contributed by atoms with van der Waals surface area (Å²) in [6.07, 6.45) is 3.16. The van der Waals surface area contributed by atoms with Crippen molar-refractivity contribution >= 4 is 23.1 Å². The van der Waals surface area contributed by atoms with Gasteiger partial charge in [0.05, 0.1) is 13.1 Å². The van der Waals surface area contributed by atoms with Crippen LogP contribution in [0.1, 0.15) is 42.6 Å². The maximum Gasteiger partial charge on any atom is 0.303 e. The number of rotatable bonds is 7. The molecule has 1 unspecified atom stereocenters. The second-order valence-electron chi connectivity index (χ2n) is 9.91. The molecule has 3 heterocycles. The standard InChI is InChI=1S/C17H22NO3.C14H15N/c1-13(19)21-17-12-18(9-7-15(17)8-10-18)11-16(20)14-5-3-2-4-6-14;1-2-12-8-6-7-11-14(12)15-13-9-4-3-5-10-13/h2-6,15,17H,7-12H2,1H3;3-11,15H,2H2,1H3/q+1;. The second kappa shape index (κ2) is 12.0. The number of nitrogens with one attached hydrogen (secondary N) is 1. The zero-order chi connectivity index (χ0) is 25.4. The van der Waals surface area contributed by atoms with Crippen molar-refractivity contribution in [2.24, 2.45) is 5.92 Å². The lowest BCUT2D eigenvalue weighted by Gasteiger charge is -2.51. The smallest absolute Gasteiger partial charge is 0.303 e. The minimum Gasteiger partial charge on any atom is -0.456 e. The van der Waals surface area contributed by atoms with Crippen LogP contribution in [0.25, 0.3) is 0 Å². The molecule has 36 heavy (non-hydrogen) atoms. The lowest BCUT2D eigenvalue weighted by Crippen LogP contribution is -2.65. The largest absolute Gasteiger partial charge is 0.456 e. The Hall–Kier alpha value is -3.44. The van der Waals surface area contributed by atoms with E-state index in [2.05, 4.69) is 48.6 Å². The van der Waals surface area contributed by atoms with Crippen LogP contribution in [-0.4, -0.2) is 48.5 Å². The molecule has 0 radical (unpaired) electrons. The highest BCUT2D eigenvalue weighted by atomic mass is 16.5. The van der Waals surface area contributed by atoms with Crippen molar-refractivity contribution in [2.45, 2.75) is 39.2 Å². The molecule has 3 fully saturated rings. The monoisotopic (exact) mass is 485 g/mol. The molecule has 0 saturated carbocycles. The van der Waals surface area contributed by atoms with E-state index in [-0.39, 0.29) is 17.9 Å². The van der Waals surface area contributed by atoms with Gasteiger partial charge < -0.3 is 14.5 Å². The van der Waals surface area contributed by atoms with Crippen LogP contribution in [0, 0.1) is 5.92 Å². The van der Waals surface area contributed by atoms with E-state index in [1.165, 1.54) is 18.2 Å². The molecule has 188 valence electrons. The van der Waals surface area contributed by atoms with Crippen molar-refractivity contribution in [3.63, 3.8) is 0 Å². The summed E-state index contributed by atoms with van der Waals surface area (Å²) in [5, 5.41) is 3.42. The van der Waals surface area contributed by atoms with Crippen molar-refractivity contribution in [2.75, 3.05) is 31.5 Å². The van der Waals surface area contributed by atoms with Crippen LogP contribution >= 0.6 is 0 Å². The molecule has 3 aliphatic heterocycles. The predicted molar refractivity (Wildman–Crippen MR) is 144 cm³/mol. The number of Topliss-reactive ketones (excluding diaryl/α,β-unsaturated/α-hetero) is 1. The molecule has 0 aliphatic carbocycles. The molecule has 0 amide bonds. The molecule has 3 aromatic rings. The van der Waals surface area contributed by atoms with Gasteiger partial charge in [-0.1, -0.05) is 73.7 Å². The minimum atomic E-state index is -0.207. The summed E-state index contributed by atoms with van der Waals surface area (Å²) in [5.74, 6) is 0.472. The van der Waals surface area contributed by atoms with Crippen LogP contribution in [0.3, 0.4) is 0 Å². The normalized spacial score (nSPS) is 22.2. The Morgan fingerprint density at radius 3 is 2.14 bits per heavy atom. The van der Waals surface area contributed by atoms with Crippen molar-refractivity contribution in [1.29, 1.82) is 0 Å². The number of hydrogen-bond donors (Lipinski definition) is 1. The number of anilines is 2. The third-order valence-corrected chi connectivity index (χ3v) is 7.38. The molecule has 2 bridgehead atoms. The number of para-hydroxylation sites is 2. The lowest BCUT2D eigenvalue weighted by molar-refractivity contribution is -0.938. The van der Waals surface area contributed by atoms with E-state index < -0.39 is 0 Å². The number of nitrogens with zero attached hydrogens (tertiary/aromatic N) is 1. The van der Waals surface area contributed by atoms with E-state index in [9.17, 15) is 9.59 Å². The van der Waals surface area contributed by atoms with E-state index in [4.69, 9.17) is 4.74 Å². The van der Waals surface area contributed by atoms with E-state index in [0.29, 0.717) is 12.5 Å². The number of quaternary nitrogens is 1. The Balaban J connectivity index is 0.000000179. The van der Waals surface area contributed by atoms with Crippen LogP contribution in [0.15, 0.2) is 84.9 Å². The molecule has 0 aromatic heterocycles. The molecule has 5 heteroatoms. The number of aryl methyl sites for hydroxylation is 1. The van der Waals surface area contributed by atoms with Crippen LogP contribution in [0.5, 0.6) is 0 Å². The fourth-order valence-corrected chi connectivity index (χ4v) is 5.44. The van der Waals surface area contributed by atoms with E-state index in [1.54, 1.807) is 0 Å².